The molecule has 138 valence electrons. The molecule has 0 saturated heterocycles. The van der Waals surface area contributed by atoms with Crippen molar-refractivity contribution in [1.82, 2.24) is 0 Å². The summed E-state index contributed by atoms with van der Waals surface area (Å²) in [6.45, 7) is 6.85. The molecule has 2 aromatic rings. The first-order valence-corrected chi connectivity index (χ1v) is 11.7. The molecule has 0 radical (unpaired) electrons. The quantitative estimate of drug-likeness (QED) is 0.305. The van der Waals surface area contributed by atoms with Gasteiger partial charge in [0.05, 0.1) is 21.8 Å². The van der Waals surface area contributed by atoms with Gasteiger partial charge in [0.2, 0.25) is 0 Å². The maximum Gasteiger partial charge on any atom is 0.513 e. The third kappa shape index (κ3) is 5.23. The van der Waals surface area contributed by atoms with Gasteiger partial charge in [-0.2, -0.15) is 0 Å². The largest absolute Gasteiger partial charge is 0.513 e. The lowest BCUT2D eigenvalue weighted by atomic mass is 10.3. The Balaban J connectivity index is 2.00. The van der Waals surface area contributed by atoms with E-state index in [1.807, 2.05) is 19.1 Å². The number of hydrogen-bond donors (Lipinski definition) is 0. The van der Waals surface area contributed by atoms with Crippen LogP contribution in [-0.2, 0) is 4.74 Å². The molecule has 0 saturated carbocycles. The van der Waals surface area contributed by atoms with Gasteiger partial charge in [0, 0.05) is 5.54 Å². The lowest BCUT2D eigenvalue weighted by Crippen LogP contribution is -2.47. The second kappa shape index (κ2) is 9.24. The van der Waals surface area contributed by atoms with Crippen LogP contribution in [0.2, 0.25) is 18.6 Å². The van der Waals surface area contributed by atoms with Crippen LogP contribution in [0.5, 0.6) is 11.5 Å². The SMILES string of the molecule is C/C=C/[C@H](COC(=O)Oc1ccc(OC)cc1)[Si](C)(C)c1ccccc1. The predicted molar refractivity (Wildman–Crippen MR) is 107 cm³/mol. The Bertz CT molecular complexity index is 723. The summed E-state index contributed by atoms with van der Waals surface area (Å²) >= 11 is 0. The Morgan fingerprint density at radius 3 is 2.23 bits per heavy atom. The summed E-state index contributed by atoms with van der Waals surface area (Å²) in [5.74, 6) is 1.13. The molecule has 0 amide bonds. The van der Waals surface area contributed by atoms with Crippen LogP contribution in [0.3, 0.4) is 0 Å². The van der Waals surface area contributed by atoms with E-state index < -0.39 is 14.2 Å². The van der Waals surface area contributed by atoms with Crippen molar-refractivity contribution >= 4 is 19.4 Å². The van der Waals surface area contributed by atoms with E-state index in [1.165, 1.54) is 5.19 Å². The minimum absolute atomic E-state index is 0.165. The van der Waals surface area contributed by atoms with Gasteiger partial charge in [0.15, 0.2) is 0 Å². The van der Waals surface area contributed by atoms with Crippen LogP contribution < -0.4 is 14.7 Å². The maximum atomic E-state index is 12.1. The van der Waals surface area contributed by atoms with E-state index in [9.17, 15) is 4.79 Å². The van der Waals surface area contributed by atoms with Crippen molar-refractivity contribution in [2.45, 2.75) is 25.6 Å². The molecule has 26 heavy (non-hydrogen) atoms. The topological polar surface area (TPSA) is 44.8 Å². The zero-order chi connectivity index (χ0) is 19.0. The van der Waals surface area contributed by atoms with Gasteiger partial charge in [-0.1, -0.05) is 60.8 Å². The van der Waals surface area contributed by atoms with Crippen LogP contribution in [0.15, 0.2) is 66.7 Å². The van der Waals surface area contributed by atoms with Crippen LogP contribution in [0.25, 0.3) is 0 Å². The first kappa shape index (κ1) is 19.8. The molecule has 0 aliphatic carbocycles. The van der Waals surface area contributed by atoms with Crippen molar-refractivity contribution in [3.05, 3.63) is 66.7 Å². The number of benzene rings is 2. The summed E-state index contributed by atoms with van der Waals surface area (Å²) in [7, 11) is -0.250. The summed E-state index contributed by atoms with van der Waals surface area (Å²) in [4.78, 5) is 12.1. The fourth-order valence-electron chi connectivity index (χ4n) is 2.75. The maximum absolute atomic E-state index is 12.1. The predicted octanol–water partition coefficient (Wildman–Crippen LogP) is 4.77. The van der Waals surface area contributed by atoms with Gasteiger partial charge < -0.3 is 14.2 Å². The molecule has 5 heteroatoms. The van der Waals surface area contributed by atoms with Crippen LogP contribution in [0, 0.1) is 0 Å². The monoisotopic (exact) mass is 370 g/mol. The van der Waals surface area contributed by atoms with Gasteiger partial charge in [-0.25, -0.2) is 4.79 Å². The molecule has 0 aromatic heterocycles. The van der Waals surface area contributed by atoms with Crippen LogP contribution in [-0.4, -0.2) is 27.9 Å². The molecular weight excluding hydrogens is 344 g/mol. The van der Waals surface area contributed by atoms with Gasteiger partial charge in [0.1, 0.15) is 11.5 Å². The Hall–Kier alpha value is -2.53. The second-order valence-electron chi connectivity index (χ2n) is 6.56. The van der Waals surface area contributed by atoms with E-state index in [2.05, 4.69) is 43.4 Å². The van der Waals surface area contributed by atoms with Gasteiger partial charge in [-0.3, -0.25) is 0 Å². The Morgan fingerprint density at radius 1 is 1.04 bits per heavy atom. The van der Waals surface area contributed by atoms with Gasteiger partial charge in [-0.05, 0) is 31.2 Å². The minimum Gasteiger partial charge on any atom is -0.497 e. The molecule has 1 atom stereocenters. The normalized spacial score (nSPS) is 12.6. The average molecular weight is 371 g/mol. The molecular formula is C21H26O4Si. The molecule has 0 spiro atoms. The van der Waals surface area contributed by atoms with Crippen molar-refractivity contribution < 1.29 is 19.0 Å². The van der Waals surface area contributed by atoms with E-state index >= 15 is 0 Å². The first-order chi connectivity index (χ1) is 12.5. The smallest absolute Gasteiger partial charge is 0.497 e. The highest BCUT2D eigenvalue weighted by Gasteiger charge is 2.33. The highest BCUT2D eigenvalue weighted by Crippen LogP contribution is 2.25. The molecule has 0 aliphatic rings. The van der Waals surface area contributed by atoms with Crippen molar-refractivity contribution in [3.8, 4) is 11.5 Å². The average Bonchev–Trinajstić information content (AvgIpc) is 2.66. The number of carbonyl (C=O) groups excluding carboxylic acids is 1. The summed E-state index contributed by atoms with van der Waals surface area (Å²) in [6, 6.07) is 17.2. The molecule has 0 unspecified atom stereocenters. The third-order valence-electron chi connectivity index (χ3n) is 4.51. The number of hydrogen-bond acceptors (Lipinski definition) is 4. The zero-order valence-corrected chi connectivity index (χ0v) is 16.8. The molecule has 4 nitrogen and oxygen atoms in total. The van der Waals surface area contributed by atoms with E-state index in [1.54, 1.807) is 31.4 Å². The molecule has 0 heterocycles. The molecule has 0 N–H and O–H groups in total. The van der Waals surface area contributed by atoms with Crippen LogP contribution in [0.1, 0.15) is 6.92 Å². The van der Waals surface area contributed by atoms with Crippen molar-refractivity contribution in [2.75, 3.05) is 13.7 Å². The van der Waals surface area contributed by atoms with E-state index in [0.717, 1.165) is 0 Å². The lowest BCUT2D eigenvalue weighted by Gasteiger charge is -2.30. The fourth-order valence-corrected chi connectivity index (χ4v) is 5.40. The first-order valence-electron chi connectivity index (χ1n) is 8.64. The summed E-state index contributed by atoms with van der Waals surface area (Å²) in [5.41, 5.74) is 0.165. The van der Waals surface area contributed by atoms with Crippen LogP contribution in [0.4, 0.5) is 4.79 Å². The molecule has 0 bridgehead atoms. The Morgan fingerprint density at radius 2 is 1.65 bits per heavy atom. The third-order valence-corrected chi connectivity index (χ3v) is 8.55. The minimum atomic E-state index is -1.84. The van der Waals surface area contributed by atoms with E-state index in [0.29, 0.717) is 18.1 Å². The summed E-state index contributed by atoms with van der Waals surface area (Å²) < 4.78 is 15.7. The molecule has 0 fully saturated rings. The molecule has 2 rings (SSSR count). The van der Waals surface area contributed by atoms with Crippen molar-refractivity contribution in [2.24, 2.45) is 0 Å². The molecule has 2 aromatic carbocycles. The van der Waals surface area contributed by atoms with Gasteiger partial charge in [-0.15, -0.1) is 0 Å². The van der Waals surface area contributed by atoms with Crippen molar-refractivity contribution in [1.29, 1.82) is 0 Å². The summed E-state index contributed by atoms with van der Waals surface area (Å²) in [5, 5.41) is 1.33. The van der Waals surface area contributed by atoms with Crippen LogP contribution >= 0.6 is 0 Å². The standard InChI is InChI=1S/C21H26O4Si/c1-5-9-20(26(3,4)19-10-7-6-8-11-19)16-24-21(22)25-18-14-12-17(23-2)13-15-18/h5-15,20H,16H2,1-4H3/b9-5+/t20-/m1/s1. The van der Waals surface area contributed by atoms with E-state index in [-0.39, 0.29) is 5.54 Å². The number of ether oxygens (including phenoxy) is 3. The van der Waals surface area contributed by atoms with Crippen molar-refractivity contribution in [3.63, 3.8) is 0 Å². The number of rotatable bonds is 7. The zero-order valence-electron chi connectivity index (χ0n) is 15.8. The highest BCUT2D eigenvalue weighted by molar-refractivity contribution is 6.91. The lowest BCUT2D eigenvalue weighted by molar-refractivity contribution is 0.100. The number of carbonyl (C=O) groups is 1. The van der Waals surface area contributed by atoms with Gasteiger partial charge >= 0.3 is 6.16 Å². The fraction of sp³-hybridized carbons (Fsp3) is 0.286. The highest BCUT2D eigenvalue weighted by atomic mass is 28.3. The number of methoxy groups -OCH3 is 1. The van der Waals surface area contributed by atoms with Gasteiger partial charge in [0.25, 0.3) is 0 Å². The Kier molecular flexibility index (Phi) is 7.03. The summed E-state index contributed by atoms with van der Waals surface area (Å²) in [6.07, 6.45) is 3.45. The second-order valence-corrected chi connectivity index (χ2v) is 11.3. The number of allylic oxidation sites excluding steroid dienone is 1. The van der Waals surface area contributed by atoms with E-state index in [4.69, 9.17) is 14.2 Å². The molecule has 0 aliphatic heterocycles. The Labute approximate surface area is 156 Å².